The van der Waals surface area contributed by atoms with E-state index in [4.69, 9.17) is 4.74 Å². The second kappa shape index (κ2) is 6.07. The fourth-order valence-corrected chi connectivity index (χ4v) is 3.65. The van der Waals surface area contributed by atoms with E-state index in [-0.39, 0.29) is 10.6 Å². The summed E-state index contributed by atoms with van der Waals surface area (Å²) in [6, 6.07) is 2.94. The zero-order chi connectivity index (χ0) is 14.8. The summed E-state index contributed by atoms with van der Waals surface area (Å²) in [7, 11) is -2.54. The molecule has 0 unspecified atom stereocenters. The Kier molecular flexibility index (Phi) is 4.62. The average molecular weight is 303 g/mol. The van der Waals surface area contributed by atoms with Crippen molar-refractivity contribution in [2.24, 2.45) is 0 Å². The number of benzene rings is 1. The maximum atomic E-state index is 13.6. The Morgan fingerprint density at radius 2 is 2.05 bits per heavy atom. The highest BCUT2D eigenvalue weighted by molar-refractivity contribution is 7.89. The minimum Gasteiger partial charge on any atom is -0.494 e. The Balaban J connectivity index is 2.19. The zero-order valence-electron chi connectivity index (χ0n) is 11.2. The molecule has 2 N–H and O–H groups in total. The molecule has 0 radical (unpaired) electrons. The smallest absolute Gasteiger partial charge is 0.241 e. The maximum Gasteiger partial charge on any atom is 0.241 e. The van der Waals surface area contributed by atoms with Crippen molar-refractivity contribution in [1.82, 2.24) is 4.72 Å². The first-order valence-electron chi connectivity index (χ1n) is 6.48. The van der Waals surface area contributed by atoms with Crippen LogP contribution in [0.5, 0.6) is 5.75 Å². The van der Waals surface area contributed by atoms with Crippen LogP contribution in [0.4, 0.5) is 4.39 Å². The summed E-state index contributed by atoms with van der Waals surface area (Å²) >= 11 is 0. The van der Waals surface area contributed by atoms with E-state index in [0.29, 0.717) is 12.8 Å². The van der Waals surface area contributed by atoms with Crippen molar-refractivity contribution in [1.29, 1.82) is 0 Å². The quantitative estimate of drug-likeness (QED) is 0.882. The number of methoxy groups -OCH3 is 1. The third kappa shape index (κ3) is 3.28. The third-order valence-electron chi connectivity index (χ3n) is 3.47. The average Bonchev–Trinajstić information content (AvgIpc) is 2.41. The van der Waals surface area contributed by atoms with E-state index in [1.165, 1.54) is 19.2 Å². The Bertz CT molecular complexity index is 576. The predicted octanol–water partition coefficient (Wildman–Crippen LogP) is 1.42. The van der Waals surface area contributed by atoms with Crippen LogP contribution in [0.25, 0.3) is 0 Å². The standard InChI is InChI=1S/C13H18FNO4S/c1-19-13-7-6-9(8-10(13)14)20(17,18)15-11-4-2-3-5-12(11)16/h6-8,11-12,15-16H,2-5H2,1H3/t11-,12-/m1/s1. The summed E-state index contributed by atoms with van der Waals surface area (Å²) in [4.78, 5) is -0.173. The molecule has 5 nitrogen and oxygen atoms in total. The second-order valence-electron chi connectivity index (χ2n) is 4.88. The van der Waals surface area contributed by atoms with E-state index < -0.39 is 28.0 Å². The van der Waals surface area contributed by atoms with E-state index in [1.54, 1.807) is 0 Å². The minimum absolute atomic E-state index is 0.0124. The molecule has 1 aromatic carbocycles. The van der Waals surface area contributed by atoms with Gasteiger partial charge in [0.1, 0.15) is 0 Å². The molecular weight excluding hydrogens is 285 g/mol. The van der Waals surface area contributed by atoms with Crippen molar-refractivity contribution in [3.63, 3.8) is 0 Å². The molecule has 1 aliphatic rings. The molecule has 0 spiro atoms. The first-order valence-corrected chi connectivity index (χ1v) is 7.96. The molecule has 0 aromatic heterocycles. The number of rotatable bonds is 4. The van der Waals surface area contributed by atoms with Crippen LogP contribution >= 0.6 is 0 Å². The lowest BCUT2D eigenvalue weighted by Crippen LogP contribution is -2.44. The van der Waals surface area contributed by atoms with Gasteiger partial charge in [-0.1, -0.05) is 12.8 Å². The number of aliphatic hydroxyl groups is 1. The van der Waals surface area contributed by atoms with Crippen LogP contribution in [0.1, 0.15) is 25.7 Å². The van der Waals surface area contributed by atoms with Gasteiger partial charge in [-0.05, 0) is 31.0 Å². The molecule has 2 atom stereocenters. The summed E-state index contributed by atoms with van der Waals surface area (Å²) in [5.41, 5.74) is 0. The summed E-state index contributed by atoms with van der Waals surface area (Å²) in [5, 5.41) is 9.79. The number of hydrogen-bond donors (Lipinski definition) is 2. The van der Waals surface area contributed by atoms with Crippen molar-refractivity contribution in [2.75, 3.05) is 7.11 Å². The Morgan fingerprint density at radius 3 is 2.65 bits per heavy atom. The van der Waals surface area contributed by atoms with E-state index in [9.17, 15) is 17.9 Å². The van der Waals surface area contributed by atoms with Crippen molar-refractivity contribution in [3.8, 4) is 5.75 Å². The maximum absolute atomic E-state index is 13.6. The highest BCUT2D eigenvalue weighted by Crippen LogP contribution is 2.23. The normalized spacial score (nSPS) is 23.6. The highest BCUT2D eigenvalue weighted by Gasteiger charge is 2.28. The molecule has 112 valence electrons. The van der Waals surface area contributed by atoms with Crippen LogP contribution in [0.2, 0.25) is 0 Å². The van der Waals surface area contributed by atoms with Gasteiger partial charge < -0.3 is 9.84 Å². The lowest BCUT2D eigenvalue weighted by atomic mass is 9.93. The van der Waals surface area contributed by atoms with Crippen LogP contribution in [-0.4, -0.2) is 32.8 Å². The lowest BCUT2D eigenvalue weighted by molar-refractivity contribution is 0.101. The molecule has 1 fully saturated rings. The topological polar surface area (TPSA) is 75.6 Å². The molecule has 0 saturated heterocycles. The van der Waals surface area contributed by atoms with Crippen LogP contribution in [0.15, 0.2) is 23.1 Å². The summed E-state index contributed by atoms with van der Waals surface area (Å²) in [6.07, 6.45) is 2.21. The summed E-state index contributed by atoms with van der Waals surface area (Å²) in [6.45, 7) is 0. The van der Waals surface area contributed by atoms with Gasteiger partial charge in [-0.2, -0.15) is 0 Å². The van der Waals surface area contributed by atoms with Gasteiger partial charge in [0.15, 0.2) is 11.6 Å². The van der Waals surface area contributed by atoms with Crippen LogP contribution in [-0.2, 0) is 10.0 Å². The van der Waals surface area contributed by atoms with Crippen molar-refractivity contribution < 1.29 is 22.7 Å². The van der Waals surface area contributed by atoms with Crippen LogP contribution in [0, 0.1) is 5.82 Å². The van der Waals surface area contributed by atoms with Gasteiger partial charge >= 0.3 is 0 Å². The summed E-state index contributed by atoms with van der Waals surface area (Å²) in [5.74, 6) is -0.749. The number of sulfonamides is 1. The monoisotopic (exact) mass is 303 g/mol. The molecule has 20 heavy (non-hydrogen) atoms. The molecule has 0 bridgehead atoms. The van der Waals surface area contributed by atoms with Gasteiger partial charge in [0.2, 0.25) is 10.0 Å². The molecule has 2 rings (SSSR count). The van der Waals surface area contributed by atoms with Gasteiger partial charge in [-0.15, -0.1) is 0 Å². The molecule has 1 saturated carbocycles. The minimum atomic E-state index is -3.85. The number of aliphatic hydroxyl groups excluding tert-OH is 1. The van der Waals surface area contributed by atoms with Crippen LogP contribution in [0.3, 0.4) is 0 Å². The number of nitrogens with one attached hydrogen (secondary N) is 1. The molecule has 1 aromatic rings. The van der Waals surface area contributed by atoms with Gasteiger partial charge in [0, 0.05) is 6.04 Å². The molecule has 0 heterocycles. The number of halogens is 1. The van der Waals surface area contributed by atoms with Gasteiger partial charge in [-0.3, -0.25) is 0 Å². The highest BCUT2D eigenvalue weighted by atomic mass is 32.2. The van der Waals surface area contributed by atoms with E-state index in [0.717, 1.165) is 18.9 Å². The third-order valence-corrected chi connectivity index (χ3v) is 4.96. The van der Waals surface area contributed by atoms with Gasteiger partial charge in [-0.25, -0.2) is 17.5 Å². The van der Waals surface area contributed by atoms with E-state index in [1.807, 2.05) is 0 Å². The van der Waals surface area contributed by atoms with Crippen molar-refractivity contribution in [3.05, 3.63) is 24.0 Å². The largest absolute Gasteiger partial charge is 0.494 e. The van der Waals surface area contributed by atoms with Gasteiger partial charge in [0.05, 0.1) is 18.1 Å². The molecule has 0 amide bonds. The predicted molar refractivity (Wildman–Crippen MR) is 71.5 cm³/mol. The Morgan fingerprint density at radius 1 is 1.35 bits per heavy atom. The summed E-state index contributed by atoms with van der Waals surface area (Å²) < 4.78 is 45.1. The fourth-order valence-electron chi connectivity index (χ4n) is 2.33. The molecule has 7 heteroatoms. The lowest BCUT2D eigenvalue weighted by Gasteiger charge is -2.28. The molecular formula is C13H18FNO4S. The molecule has 1 aliphatic carbocycles. The first kappa shape index (κ1) is 15.2. The van der Waals surface area contributed by atoms with Gasteiger partial charge in [0.25, 0.3) is 0 Å². The fraction of sp³-hybridized carbons (Fsp3) is 0.538. The van der Waals surface area contributed by atoms with Crippen molar-refractivity contribution >= 4 is 10.0 Å². The van der Waals surface area contributed by atoms with E-state index in [2.05, 4.69) is 4.72 Å². The first-order chi connectivity index (χ1) is 9.44. The number of hydrogen-bond acceptors (Lipinski definition) is 4. The molecule has 0 aliphatic heterocycles. The Labute approximate surface area is 117 Å². The van der Waals surface area contributed by atoms with Crippen LogP contribution < -0.4 is 9.46 Å². The SMILES string of the molecule is COc1ccc(S(=O)(=O)N[C@@H]2CCCC[C@H]2O)cc1F. The second-order valence-corrected chi connectivity index (χ2v) is 6.59. The zero-order valence-corrected chi connectivity index (χ0v) is 12.0. The van der Waals surface area contributed by atoms with E-state index >= 15 is 0 Å². The van der Waals surface area contributed by atoms with Crippen molar-refractivity contribution in [2.45, 2.75) is 42.7 Å². The number of ether oxygens (including phenoxy) is 1. The Hall–Kier alpha value is -1.18.